The van der Waals surface area contributed by atoms with Crippen molar-refractivity contribution in [2.75, 3.05) is 11.4 Å². The number of nitrogens with one attached hydrogen (secondary N) is 1. The number of anilines is 1. The van der Waals surface area contributed by atoms with Gasteiger partial charge in [0.05, 0.1) is 29.9 Å². The van der Waals surface area contributed by atoms with Crippen LogP contribution in [0.25, 0.3) is 0 Å². The molecule has 2 aromatic rings. The highest BCUT2D eigenvalue weighted by Gasteiger charge is 2.51. The molecule has 0 saturated carbocycles. The zero-order chi connectivity index (χ0) is 18.4. The second kappa shape index (κ2) is 6.14. The molecule has 25 heavy (non-hydrogen) atoms. The number of aromatic nitrogens is 2. The number of ketones is 1. The minimum atomic E-state index is -1.96. The maximum Gasteiger partial charge on any atom is 0.265 e. The smallest absolute Gasteiger partial charge is 0.265 e. The van der Waals surface area contributed by atoms with Crippen LogP contribution in [0.4, 0.5) is 5.69 Å². The third kappa shape index (κ3) is 2.68. The summed E-state index contributed by atoms with van der Waals surface area (Å²) in [4.78, 5) is 26.9. The molecule has 128 valence electrons. The lowest BCUT2D eigenvalue weighted by atomic mass is 9.87. The number of carbonyl (C=O) groups excluding carboxylic acids is 2. The van der Waals surface area contributed by atoms with E-state index in [1.165, 1.54) is 4.90 Å². The predicted octanol–water partition coefficient (Wildman–Crippen LogP) is 2.23. The van der Waals surface area contributed by atoms with Gasteiger partial charge in [-0.2, -0.15) is 5.10 Å². The molecule has 1 aliphatic rings. The van der Waals surface area contributed by atoms with Crippen LogP contribution in [-0.4, -0.2) is 33.5 Å². The molecule has 0 aliphatic carbocycles. The Bertz CT molecular complexity index is 909. The van der Waals surface area contributed by atoms with Crippen molar-refractivity contribution in [2.24, 2.45) is 0 Å². The summed E-state index contributed by atoms with van der Waals surface area (Å²) in [5, 5.41) is 17.9. The Morgan fingerprint density at radius 1 is 1.48 bits per heavy atom. The highest BCUT2D eigenvalue weighted by Crippen LogP contribution is 2.44. The van der Waals surface area contributed by atoms with E-state index in [0.29, 0.717) is 32.7 Å². The molecule has 1 aromatic heterocycles. The average molecular weight is 402 g/mol. The number of amides is 1. The Hall–Kier alpha value is -2.43. The number of nitrogens with zero attached hydrogens (tertiary/aromatic N) is 2. The highest BCUT2D eigenvalue weighted by atomic mass is 79.9. The Balaban J connectivity index is 2.06. The first-order valence-corrected chi connectivity index (χ1v) is 8.41. The van der Waals surface area contributed by atoms with Crippen molar-refractivity contribution < 1.29 is 14.7 Å². The second-order valence-electron chi connectivity index (χ2n) is 6.03. The first-order valence-electron chi connectivity index (χ1n) is 7.62. The molecular formula is C18H16BrN3O3. The molecule has 0 fully saturated rings. The van der Waals surface area contributed by atoms with Gasteiger partial charge in [-0.3, -0.25) is 19.6 Å². The summed E-state index contributed by atoms with van der Waals surface area (Å²) < 4.78 is 0.697. The number of Topliss-reactive ketones (excluding diaryl/α,β-unsaturated/α-hetero) is 1. The molecule has 2 heterocycles. The van der Waals surface area contributed by atoms with E-state index in [1.54, 1.807) is 32.0 Å². The summed E-state index contributed by atoms with van der Waals surface area (Å²) in [6.07, 6.45) is 4.97. The van der Waals surface area contributed by atoms with Crippen LogP contribution in [-0.2, 0) is 10.4 Å². The van der Waals surface area contributed by atoms with Gasteiger partial charge in [-0.25, -0.2) is 0 Å². The van der Waals surface area contributed by atoms with Crippen LogP contribution in [0.3, 0.4) is 0 Å². The van der Waals surface area contributed by atoms with E-state index in [9.17, 15) is 14.7 Å². The van der Waals surface area contributed by atoms with Crippen molar-refractivity contribution in [3.8, 4) is 12.3 Å². The molecular weight excluding hydrogens is 386 g/mol. The Morgan fingerprint density at radius 3 is 2.80 bits per heavy atom. The molecule has 2 N–H and O–H groups in total. The third-order valence-electron chi connectivity index (χ3n) is 4.37. The molecule has 1 aromatic carbocycles. The van der Waals surface area contributed by atoms with Gasteiger partial charge < -0.3 is 5.11 Å². The molecule has 0 bridgehead atoms. The lowest BCUT2D eigenvalue weighted by molar-refractivity contribution is -0.135. The van der Waals surface area contributed by atoms with Crippen molar-refractivity contribution in [2.45, 2.75) is 25.9 Å². The van der Waals surface area contributed by atoms with Crippen LogP contribution in [0.1, 0.15) is 33.7 Å². The van der Waals surface area contributed by atoms with Crippen LogP contribution in [0.5, 0.6) is 0 Å². The summed E-state index contributed by atoms with van der Waals surface area (Å²) in [6.45, 7) is 3.45. The molecule has 1 amide bonds. The molecule has 1 aliphatic heterocycles. The molecule has 3 rings (SSSR count). The summed E-state index contributed by atoms with van der Waals surface area (Å²) >= 11 is 3.34. The van der Waals surface area contributed by atoms with E-state index in [2.05, 4.69) is 32.0 Å². The standard InChI is InChI=1S/C18H16BrN3O3/c1-4-7-22-14-6-5-12(19)8-13(14)18(25,17(22)24)9-15(23)16-10(2)20-21-11(16)3/h1,5-6,8,25H,7,9H2,2-3H3,(H,20,21)/t18-/m1/s1. The number of fused-ring (bicyclic) bond motifs is 1. The number of aryl methyl sites for hydroxylation is 2. The topological polar surface area (TPSA) is 86.3 Å². The number of H-pyrrole nitrogens is 1. The monoisotopic (exact) mass is 401 g/mol. The van der Waals surface area contributed by atoms with Crippen LogP contribution in [0.15, 0.2) is 22.7 Å². The zero-order valence-electron chi connectivity index (χ0n) is 13.8. The van der Waals surface area contributed by atoms with Crippen LogP contribution < -0.4 is 4.90 Å². The van der Waals surface area contributed by atoms with Crippen molar-refractivity contribution in [3.63, 3.8) is 0 Å². The first-order chi connectivity index (χ1) is 11.8. The molecule has 0 unspecified atom stereocenters. The van der Waals surface area contributed by atoms with Gasteiger partial charge >= 0.3 is 0 Å². The number of benzene rings is 1. The largest absolute Gasteiger partial charge is 0.375 e. The summed E-state index contributed by atoms with van der Waals surface area (Å²) in [5.41, 5.74) is 0.464. The summed E-state index contributed by atoms with van der Waals surface area (Å²) in [7, 11) is 0. The van der Waals surface area contributed by atoms with E-state index in [4.69, 9.17) is 6.42 Å². The van der Waals surface area contributed by atoms with E-state index < -0.39 is 11.5 Å². The number of hydrogen-bond acceptors (Lipinski definition) is 4. The van der Waals surface area contributed by atoms with Crippen molar-refractivity contribution in [3.05, 3.63) is 45.2 Å². The number of rotatable bonds is 4. The third-order valence-corrected chi connectivity index (χ3v) is 4.86. The predicted molar refractivity (Wildman–Crippen MR) is 96.2 cm³/mol. The average Bonchev–Trinajstić information content (AvgIpc) is 2.99. The maximum absolute atomic E-state index is 12.8. The van der Waals surface area contributed by atoms with E-state index >= 15 is 0 Å². The molecule has 0 saturated heterocycles. The van der Waals surface area contributed by atoms with Gasteiger partial charge in [0.25, 0.3) is 5.91 Å². The fraction of sp³-hybridized carbons (Fsp3) is 0.278. The molecule has 0 radical (unpaired) electrons. The van der Waals surface area contributed by atoms with Gasteiger partial charge in [0.15, 0.2) is 11.4 Å². The highest BCUT2D eigenvalue weighted by molar-refractivity contribution is 9.10. The lowest BCUT2D eigenvalue weighted by Crippen LogP contribution is -2.42. The normalized spacial score (nSPS) is 19.0. The number of terminal acetylenes is 1. The van der Waals surface area contributed by atoms with E-state index in [-0.39, 0.29) is 18.7 Å². The minimum absolute atomic E-state index is 0.0216. The quantitative estimate of drug-likeness (QED) is 0.607. The van der Waals surface area contributed by atoms with Gasteiger partial charge in [0, 0.05) is 15.7 Å². The fourth-order valence-electron chi connectivity index (χ4n) is 3.22. The number of carbonyl (C=O) groups is 2. The lowest BCUT2D eigenvalue weighted by Gasteiger charge is -2.22. The van der Waals surface area contributed by atoms with Crippen molar-refractivity contribution in [1.29, 1.82) is 0 Å². The van der Waals surface area contributed by atoms with E-state index in [0.717, 1.165) is 0 Å². The Morgan fingerprint density at radius 2 is 2.20 bits per heavy atom. The molecule has 1 atom stereocenters. The zero-order valence-corrected chi connectivity index (χ0v) is 15.3. The van der Waals surface area contributed by atoms with Crippen molar-refractivity contribution >= 4 is 33.3 Å². The molecule has 0 spiro atoms. The van der Waals surface area contributed by atoms with Gasteiger partial charge in [-0.05, 0) is 32.0 Å². The number of halogens is 1. The van der Waals surface area contributed by atoms with Crippen LogP contribution >= 0.6 is 15.9 Å². The number of aliphatic hydroxyl groups is 1. The van der Waals surface area contributed by atoms with Crippen LogP contribution in [0.2, 0.25) is 0 Å². The second-order valence-corrected chi connectivity index (χ2v) is 6.94. The van der Waals surface area contributed by atoms with Gasteiger partial charge in [-0.1, -0.05) is 21.9 Å². The van der Waals surface area contributed by atoms with Gasteiger partial charge in [0.2, 0.25) is 0 Å². The number of hydrogen-bond donors (Lipinski definition) is 2. The SMILES string of the molecule is C#CCN1C(=O)[C@@](O)(CC(=O)c2c(C)n[nH]c2C)c2cc(Br)ccc21. The van der Waals surface area contributed by atoms with Gasteiger partial charge in [-0.15, -0.1) is 6.42 Å². The molecule has 7 heteroatoms. The molecule has 6 nitrogen and oxygen atoms in total. The summed E-state index contributed by atoms with van der Waals surface area (Å²) in [6, 6.07) is 5.10. The van der Waals surface area contributed by atoms with Gasteiger partial charge in [0.1, 0.15) is 0 Å². The first kappa shape index (κ1) is 17.4. The van der Waals surface area contributed by atoms with E-state index in [1.807, 2.05) is 0 Å². The minimum Gasteiger partial charge on any atom is -0.375 e. The maximum atomic E-state index is 12.8. The summed E-state index contributed by atoms with van der Waals surface area (Å²) in [5.74, 6) is 1.47. The van der Waals surface area contributed by atoms with Crippen LogP contribution in [0, 0.1) is 26.2 Å². The Labute approximate surface area is 153 Å². The van der Waals surface area contributed by atoms with Crippen molar-refractivity contribution in [1.82, 2.24) is 10.2 Å². The number of aromatic amines is 1. The Kier molecular flexibility index (Phi) is 4.27. The fourth-order valence-corrected chi connectivity index (χ4v) is 3.59.